The maximum Gasteiger partial charge on any atom is 0.264 e. The number of nitrogens with zero attached hydrogens (tertiary/aromatic N) is 2. The van der Waals surface area contributed by atoms with E-state index >= 15 is 0 Å². The van der Waals surface area contributed by atoms with Crippen molar-refractivity contribution in [2.75, 3.05) is 24.5 Å². The van der Waals surface area contributed by atoms with Crippen LogP contribution in [0, 0.1) is 12.7 Å². The Morgan fingerprint density at radius 1 is 1.03 bits per heavy atom. The highest BCUT2D eigenvalue weighted by molar-refractivity contribution is 7.92. The fraction of sp³-hybridized carbons (Fsp3) is 0.310. The summed E-state index contributed by atoms with van der Waals surface area (Å²) in [4.78, 5) is 27.9. The Balaban J connectivity index is 2.03. The molecule has 0 saturated heterocycles. The molecule has 2 amide bonds. The van der Waals surface area contributed by atoms with E-state index in [2.05, 4.69) is 5.32 Å². The molecule has 0 spiro atoms. The van der Waals surface area contributed by atoms with E-state index in [9.17, 15) is 22.4 Å². The van der Waals surface area contributed by atoms with Gasteiger partial charge in [0.2, 0.25) is 11.8 Å². The Kier molecular flexibility index (Phi) is 10.1. The van der Waals surface area contributed by atoms with Crippen LogP contribution in [0.5, 0.6) is 5.75 Å². The maximum atomic E-state index is 14.9. The zero-order valence-electron chi connectivity index (χ0n) is 22.6. The van der Waals surface area contributed by atoms with Crippen molar-refractivity contribution in [1.29, 1.82) is 0 Å². The van der Waals surface area contributed by atoms with E-state index < -0.39 is 34.3 Å². The maximum absolute atomic E-state index is 14.9. The second-order valence-electron chi connectivity index (χ2n) is 9.12. The number of ether oxygens (including phenoxy) is 1. The second-order valence-corrected chi connectivity index (χ2v) is 11.0. The van der Waals surface area contributed by atoms with E-state index in [1.807, 2.05) is 13.8 Å². The molecule has 0 saturated carbocycles. The zero-order valence-corrected chi connectivity index (χ0v) is 23.4. The molecule has 8 nitrogen and oxygen atoms in total. The van der Waals surface area contributed by atoms with Crippen molar-refractivity contribution in [2.45, 2.75) is 44.7 Å². The van der Waals surface area contributed by atoms with E-state index in [0.29, 0.717) is 24.3 Å². The van der Waals surface area contributed by atoms with Gasteiger partial charge in [0.1, 0.15) is 24.2 Å². The normalized spacial score (nSPS) is 11.9. The van der Waals surface area contributed by atoms with Gasteiger partial charge in [0.15, 0.2) is 0 Å². The zero-order chi connectivity index (χ0) is 28.6. The van der Waals surface area contributed by atoms with Crippen LogP contribution in [0.15, 0.2) is 77.7 Å². The molecule has 1 atom stereocenters. The number of carbonyl (C=O) groups is 2. The minimum absolute atomic E-state index is 0.00639. The summed E-state index contributed by atoms with van der Waals surface area (Å²) >= 11 is 0. The van der Waals surface area contributed by atoms with Gasteiger partial charge in [0.05, 0.1) is 17.7 Å². The Morgan fingerprint density at radius 3 is 2.36 bits per heavy atom. The Labute approximate surface area is 229 Å². The monoisotopic (exact) mass is 555 g/mol. The van der Waals surface area contributed by atoms with Crippen molar-refractivity contribution in [1.82, 2.24) is 10.2 Å². The average Bonchev–Trinajstić information content (AvgIpc) is 2.93. The predicted molar refractivity (Wildman–Crippen MR) is 148 cm³/mol. The Bertz CT molecular complexity index is 1400. The SMILES string of the molecule is CCCNC(=O)[C@@H](C)N(Cc1cccc(OC)c1)C(=O)CN(c1ccccc1F)S(=O)(=O)c1ccc(C)cc1. The van der Waals surface area contributed by atoms with Gasteiger partial charge in [0.25, 0.3) is 10.0 Å². The molecule has 39 heavy (non-hydrogen) atoms. The van der Waals surface area contributed by atoms with Gasteiger partial charge in [-0.2, -0.15) is 0 Å². The fourth-order valence-electron chi connectivity index (χ4n) is 3.95. The first-order valence-corrected chi connectivity index (χ1v) is 14.1. The van der Waals surface area contributed by atoms with E-state index in [0.717, 1.165) is 15.9 Å². The molecular weight excluding hydrogens is 521 g/mol. The van der Waals surface area contributed by atoms with E-state index in [-0.39, 0.29) is 23.0 Å². The molecule has 3 rings (SSSR count). The topological polar surface area (TPSA) is 96.0 Å². The Morgan fingerprint density at radius 2 is 1.72 bits per heavy atom. The van der Waals surface area contributed by atoms with Crippen LogP contribution in [0.4, 0.5) is 10.1 Å². The molecule has 0 bridgehead atoms. The molecule has 0 radical (unpaired) electrons. The quantitative estimate of drug-likeness (QED) is 0.360. The molecule has 0 aromatic heterocycles. The van der Waals surface area contributed by atoms with Gasteiger partial charge in [0, 0.05) is 13.1 Å². The Hall–Kier alpha value is -3.92. The van der Waals surface area contributed by atoms with E-state index in [1.165, 1.54) is 42.3 Å². The van der Waals surface area contributed by atoms with Gasteiger partial charge in [-0.25, -0.2) is 12.8 Å². The first kappa shape index (κ1) is 29.6. The van der Waals surface area contributed by atoms with E-state index in [1.54, 1.807) is 43.3 Å². The number of amides is 2. The van der Waals surface area contributed by atoms with Crippen molar-refractivity contribution in [3.63, 3.8) is 0 Å². The lowest BCUT2D eigenvalue weighted by Crippen LogP contribution is -2.51. The van der Waals surface area contributed by atoms with Gasteiger partial charge in [-0.05, 0) is 62.2 Å². The second kappa shape index (κ2) is 13.2. The number of anilines is 1. The van der Waals surface area contributed by atoms with Crippen molar-refractivity contribution in [3.8, 4) is 5.75 Å². The first-order chi connectivity index (χ1) is 18.6. The number of nitrogens with one attached hydrogen (secondary N) is 1. The molecule has 0 aliphatic carbocycles. The van der Waals surface area contributed by atoms with Crippen molar-refractivity contribution in [2.24, 2.45) is 0 Å². The number of rotatable bonds is 12. The molecule has 10 heteroatoms. The summed E-state index contributed by atoms with van der Waals surface area (Å²) in [5.74, 6) is -1.28. The average molecular weight is 556 g/mol. The van der Waals surface area contributed by atoms with Gasteiger partial charge >= 0.3 is 0 Å². The van der Waals surface area contributed by atoms with Gasteiger partial charge in [-0.15, -0.1) is 0 Å². The third kappa shape index (κ3) is 7.35. The highest BCUT2D eigenvalue weighted by Gasteiger charge is 2.33. The highest BCUT2D eigenvalue weighted by atomic mass is 32.2. The highest BCUT2D eigenvalue weighted by Crippen LogP contribution is 2.27. The third-order valence-corrected chi connectivity index (χ3v) is 7.99. The first-order valence-electron chi connectivity index (χ1n) is 12.6. The van der Waals surface area contributed by atoms with Crippen molar-refractivity contribution >= 4 is 27.5 Å². The molecule has 0 unspecified atom stereocenters. The lowest BCUT2D eigenvalue weighted by molar-refractivity contribution is -0.139. The van der Waals surface area contributed by atoms with Crippen molar-refractivity contribution < 1.29 is 27.1 Å². The summed E-state index contributed by atoms with van der Waals surface area (Å²) in [5.41, 5.74) is 1.26. The van der Waals surface area contributed by atoms with Crippen LogP contribution in [0.25, 0.3) is 0 Å². The number of halogens is 1. The summed E-state index contributed by atoms with van der Waals surface area (Å²) in [6.07, 6.45) is 0.706. The number of aryl methyl sites for hydroxylation is 1. The van der Waals surface area contributed by atoms with E-state index in [4.69, 9.17) is 4.74 Å². The van der Waals surface area contributed by atoms with Gasteiger partial charge in [-0.3, -0.25) is 13.9 Å². The number of methoxy groups -OCH3 is 1. The van der Waals surface area contributed by atoms with Crippen LogP contribution < -0.4 is 14.4 Å². The summed E-state index contributed by atoms with van der Waals surface area (Å²) in [6.45, 7) is 5.01. The molecule has 3 aromatic carbocycles. The van der Waals surface area contributed by atoms with Gasteiger partial charge in [-0.1, -0.05) is 48.9 Å². The number of carbonyl (C=O) groups excluding carboxylic acids is 2. The minimum Gasteiger partial charge on any atom is -0.497 e. The molecule has 208 valence electrons. The molecule has 0 fully saturated rings. The smallest absolute Gasteiger partial charge is 0.264 e. The van der Waals surface area contributed by atoms with Crippen LogP contribution in [0.1, 0.15) is 31.4 Å². The number of sulfonamides is 1. The van der Waals surface area contributed by atoms with Crippen LogP contribution in [0.3, 0.4) is 0 Å². The lowest BCUT2D eigenvalue weighted by atomic mass is 10.1. The van der Waals surface area contributed by atoms with Crippen LogP contribution in [0.2, 0.25) is 0 Å². The molecule has 0 aliphatic heterocycles. The number of hydrogen-bond donors (Lipinski definition) is 1. The number of hydrogen-bond acceptors (Lipinski definition) is 5. The van der Waals surface area contributed by atoms with Crippen molar-refractivity contribution in [3.05, 3.63) is 89.7 Å². The molecule has 1 N–H and O–H groups in total. The van der Waals surface area contributed by atoms with Crippen LogP contribution in [-0.4, -0.2) is 51.4 Å². The fourth-order valence-corrected chi connectivity index (χ4v) is 5.37. The molecule has 0 aliphatic rings. The summed E-state index contributed by atoms with van der Waals surface area (Å²) < 4.78 is 48.5. The van der Waals surface area contributed by atoms with Gasteiger partial charge < -0.3 is 15.0 Å². The standard InChI is InChI=1S/C29H34FN3O5S/c1-5-17-31-29(35)22(3)32(19-23-9-8-10-24(18-23)38-4)28(34)20-33(27-12-7-6-11-26(27)30)39(36,37)25-15-13-21(2)14-16-25/h6-16,18,22H,5,17,19-20H2,1-4H3,(H,31,35)/t22-/m1/s1. The van der Waals surface area contributed by atoms with Crippen LogP contribution in [-0.2, 0) is 26.2 Å². The summed E-state index contributed by atoms with van der Waals surface area (Å²) in [6, 6.07) is 17.5. The third-order valence-electron chi connectivity index (χ3n) is 6.21. The summed E-state index contributed by atoms with van der Waals surface area (Å²) in [7, 11) is -2.82. The predicted octanol–water partition coefficient (Wildman–Crippen LogP) is 4.28. The summed E-state index contributed by atoms with van der Waals surface area (Å²) in [5, 5.41) is 2.78. The molecular formula is C29H34FN3O5S. The number of benzene rings is 3. The number of para-hydroxylation sites is 1. The largest absolute Gasteiger partial charge is 0.497 e. The lowest BCUT2D eigenvalue weighted by Gasteiger charge is -2.32. The minimum atomic E-state index is -4.34. The molecule has 3 aromatic rings. The van der Waals surface area contributed by atoms with Crippen LogP contribution >= 0.6 is 0 Å². The molecule has 0 heterocycles.